The molecule has 18 heavy (non-hydrogen) atoms. The summed E-state index contributed by atoms with van der Waals surface area (Å²) in [5.74, 6) is 0.277. The Labute approximate surface area is 108 Å². The molecule has 3 atom stereocenters. The number of hydrogen-bond donors (Lipinski definition) is 0. The van der Waals surface area contributed by atoms with E-state index in [-0.39, 0.29) is 12.0 Å². The molecule has 0 amide bonds. The van der Waals surface area contributed by atoms with Gasteiger partial charge in [-0.15, -0.1) is 0 Å². The fourth-order valence-corrected chi connectivity index (χ4v) is 3.26. The summed E-state index contributed by atoms with van der Waals surface area (Å²) >= 11 is 0. The molecule has 0 spiro atoms. The Hall–Kier alpha value is -1.19. The minimum absolute atomic E-state index is 0.222. The van der Waals surface area contributed by atoms with Crippen LogP contribution in [0.4, 0.5) is 0 Å². The molecule has 2 saturated heterocycles. The molecule has 1 aromatic carbocycles. The number of hydrogen-bond acceptors (Lipinski definition) is 3. The van der Waals surface area contributed by atoms with Crippen LogP contribution < -0.4 is 0 Å². The van der Waals surface area contributed by atoms with E-state index in [4.69, 9.17) is 4.74 Å². The monoisotopic (exact) mass is 245 g/mol. The highest BCUT2D eigenvalue weighted by Gasteiger charge is 2.44. The number of benzene rings is 1. The van der Waals surface area contributed by atoms with E-state index in [2.05, 4.69) is 29.2 Å². The molecule has 96 valence electrons. The summed E-state index contributed by atoms with van der Waals surface area (Å²) in [4.78, 5) is 13.8. The molecule has 3 unspecified atom stereocenters. The molecule has 2 heterocycles. The molecule has 0 aromatic heterocycles. The van der Waals surface area contributed by atoms with Crippen molar-refractivity contribution in [3.8, 4) is 0 Å². The van der Waals surface area contributed by atoms with Crippen LogP contribution >= 0.6 is 0 Å². The lowest BCUT2D eigenvalue weighted by molar-refractivity contribution is -0.118. The number of rotatable bonds is 3. The maximum atomic E-state index is 11.4. The summed E-state index contributed by atoms with van der Waals surface area (Å²) in [6, 6.07) is 11.2. The first-order valence-electron chi connectivity index (χ1n) is 6.69. The quantitative estimate of drug-likeness (QED) is 0.819. The van der Waals surface area contributed by atoms with E-state index in [0.717, 1.165) is 19.4 Å². The Balaban J connectivity index is 1.82. The SMILES string of the molecule is CC(=O)CC1CCC2OCC(c3ccccc3)N12. The van der Waals surface area contributed by atoms with Crippen molar-refractivity contribution in [2.45, 2.75) is 44.5 Å². The first kappa shape index (κ1) is 11.9. The van der Waals surface area contributed by atoms with Crippen LogP contribution in [0.25, 0.3) is 0 Å². The van der Waals surface area contributed by atoms with Crippen LogP contribution in [0, 0.1) is 0 Å². The second-order valence-electron chi connectivity index (χ2n) is 5.30. The van der Waals surface area contributed by atoms with Crippen molar-refractivity contribution in [3.05, 3.63) is 35.9 Å². The van der Waals surface area contributed by atoms with Gasteiger partial charge in [0, 0.05) is 12.5 Å². The van der Waals surface area contributed by atoms with E-state index in [1.165, 1.54) is 5.56 Å². The summed E-state index contributed by atoms with van der Waals surface area (Å²) in [5, 5.41) is 0. The minimum Gasteiger partial charge on any atom is -0.361 e. The molecule has 0 N–H and O–H groups in total. The summed E-state index contributed by atoms with van der Waals surface area (Å²) in [6.45, 7) is 2.44. The van der Waals surface area contributed by atoms with Crippen molar-refractivity contribution in [2.24, 2.45) is 0 Å². The van der Waals surface area contributed by atoms with Crippen molar-refractivity contribution >= 4 is 5.78 Å². The summed E-state index contributed by atoms with van der Waals surface area (Å²) in [6.07, 6.45) is 3.01. The molecule has 2 fully saturated rings. The van der Waals surface area contributed by atoms with Crippen LogP contribution in [0.5, 0.6) is 0 Å². The number of nitrogens with zero attached hydrogens (tertiary/aromatic N) is 1. The predicted octanol–water partition coefficient (Wildman–Crippen LogP) is 2.53. The molecule has 3 nitrogen and oxygen atoms in total. The van der Waals surface area contributed by atoms with Gasteiger partial charge in [-0.05, 0) is 25.3 Å². The van der Waals surface area contributed by atoms with Gasteiger partial charge in [-0.25, -0.2) is 0 Å². The van der Waals surface area contributed by atoms with Crippen LogP contribution in [0.3, 0.4) is 0 Å². The summed E-state index contributed by atoms with van der Waals surface area (Å²) in [7, 11) is 0. The molecule has 3 heteroatoms. The van der Waals surface area contributed by atoms with Gasteiger partial charge < -0.3 is 4.74 Å². The Morgan fingerprint density at radius 2 is 2.11 bits per heavy atom. The first-order chi connectivity index (χ1) is 8.75. The van der Waals surface area contributed by atoms with E-state index >= 15 is 0 Å². The Morgan fingerprint density at radius 3 is 2.83 bits per heavy atom. The largest absolute Gasteiger partial charge is 0.361 e. The van der Waals surface area contributed by atoms with Gasteiger partial charge in [0.05, 0.1) is 12.6 Å². The van der Waals surface area contributed by atoms with E-state index in [1.807, 2.05) is 6.07 Å². The number of carbonyl (C=O) groups excluding carboxylic acids is 1. The molecule has 2 aliphatic rings. The average Bonchev–Trinajstić information content (AvgIpc) is 2.93. The molecule has 2 aliphatic heterocycles. The fraction of sp³-hybridized carbons (Fsp3) is 0.533. The molecule has 3 rings (SSSR count). The number of ether oxygens (including phenoxy) is 1. The third kappa shape index (κ3) is 2.08. The molecular weight excluding hydrogens is 226 g/mol. The van der Waals surface area contributed by atoms with E-state index in [9.17, 15) is 4.79 Å². The first-order valence-corrected chi connectivity index (χ1v) is 6.69. The molecule has 0 aliphatic carbocycles. The van der Waals surface area contributed by atoms with Crippen LogP contribution in [0.15, 0.2) is 30.3 Å². The lowest BCUT2D eigenvalue weighted by Crippen LogP contribution is -2.35. The van der Waals surface area contributed by atoms with Gasteiger partial charge in [0.1, 0.15) is 12.0 Å². The maximum Gasteiger partial charge on any atom is 0.131 e. The highest BCUT2D eigenvalue weighted by molar-refractivity contribution is 5.76. The zero-order chi connectivity index (χ0) is 12.5. The highest BCUT2D eigenvalue weighted by Crippen LogP contribution is 2.40. The molecule has 0 radical (unpaired) electrons. The van der Waals surface area contributed by atoms with Gasteiger partial charge in [-0.1, -0.05) is 30.3 Å². The topological polar surface area (TPSA) is 29.5 Å². The van der Waals surface area contributed by atoms with Gasteiger partial charge in [0.2, 0.25) is 0 Å². The second kappa shape index (κ2) is 4.82. The number of Topliss-reactive ketones (excluding diaryl/α,β-unsaturated/α-hetero) is 1. The fourth-order valence-electron chi connectivity index (χ4n) is 3.26. The van der Waals surface area contributed by atoms with Crippen LogP contribution in [-0.2, 0) is 9.53 Å². The number of ketones is 1. The lowest BCUT2D eigenvalue weighted by atomic mass is 10.0. The smallest absolute Gasteiger partial charge is 0.131 e. The molecule has 0 saturated carbocycles. The zero-order valence-corrected chi connectivity index (χ0v) is 10.7. The van der Waals surface area contributed by atoms with Crippen molar-refractivity contribution in [1.29, 1.82) is 0 Å². The van der Waals surface area contributed by atoms with Crippen LogP contribution in [-0.4, -0.2) is 29.6 Å². The third-order valence-electron chi connectivity index (χ3n) is 4.01. The number of carbonyl (C=O) groups is 1. The molecule has 1 aromatic rings. The molecule has 0 bridgehead atoms. The summed E-state index contributed by atoms with van der Waals surface area (Å²) in [5.41, 5.74) is 1.30. The minimum atomic E-state index is 0.222. The van der Waals surface area contributed by atoms with Crippen LogP contribution in [0.2, 0.25) is 0 Å². The van der Waals surface area contributed by atoms with Gasteiger partial charge >= 0.3 is 0 Å². The van der Waals surface area contributed by atoms with Gasteiger partial charge in [-0.2, -0.15) is 0 Å². The Kier molecular flexibility index (Phi) is 3.18. The van der Waals surface area contributed by atoms with Crippen molar-refractivity contribution in [2.75, 3.05) is 6.61 Å². The zero-order valence-electron chi connectivity index (χ0n) is 10.7. The van der Waals surface area contributed by atoms with Crippen molar-refractivity contribution < 1.29 is 9.53 Å². The normalized spacial score (nSPS) is 31.5. The van der Waals surface area contributed by atoms with Crippen LogP contribution in [0.1, 0.15) is 37.8 Å². The van der Waals surface area contributed by atoms with Crippen molar-refractivity contribution in [1.82, 2.24) is 4.90 Å². The van der Waals surface area contributed by atoms with Crippen molar-refractivity contribution in [3.63, 3.8) is 0 Å². The lowest BCUT2D eigenvalue weighted by Gasteiger charge is -2.28. The van der Waals surface area contributed by atoms with Gasteiger partial charge in [-0.3, -0.25) is 9.69 Å². The second-order valence-corrected chi connectivity index (χ2v) is 5.30. The van der Waals surface area contributed by atoms with E-state index < -0.39 is 0 Å². The van der Waals surface area contributed by atoms with E-state index in [1.54, 1.807) is 6.92 Å². The maximum absolute atomic E-state index is 11.4. The third-order valence-corrected chi connectivity index (χ3v) is 4.01. The van der Waals surface area contributed by atoms with Gasteiger partial charge in [0.15, 0.2) is 0 Å². The molecular formula is C15H19NO2. The Bertz CT molecular complexity index is 431. The predicted molar refractivity (Wildman–Crippen MR) is 69.1 cm³/mol. The Morgan fingerprint density at radius 1 is 1.33 bits per heavy atom. The average molecular weight is 245 g/mol. The van der Waals surface area contributed by atoms with E-state index in [0.29, 0.717) is 18.5 Å². The summed E-state index contributed by atoms with van der Waals surface area (Å²) < 4.78 is 5.87. The van der Waals surface area contributed by atoms with Gasteiger partial charge in [0.25, 0.3) is 0 Å². The standard InChI is InChI=1S/C15H19NO2/c1-11(17)9-13-7-8-15-16(13)14(10-18-15)12-5-3-2-4-6-12/h2-6,13-15H,7-10H2,1H3. The highest BCUT2D eigenvalue weighted by atomic mass is 16.5. The number of fused-ring (bicyclic) bond motifs is 1.